The molecule has 21 heavy (non-hydrogen) atoms. The lowest BCUT2D eigenvalue weighted by Crippen LogP contribution is -2.11. The van der Waals surface area contributed by atoms with E-state index in [4.69, 9.17) is 5.11 Å². The van der Waals surface area contributed by atoms with Gasteiger partial charge in [-0.15, -0.1) is 0 Å². The van der Waals surface area contributed by atoms with Gasteiger partial charge in [0.25, 0.3) is 5.91 Å². The second-order valence-electron chi connectivity index (χ2n) is 4.60. The van der Waals surface area contributed by atoms with Gasteiger partial charge in [-0.05, 0) is 36.3 Å². The average Bonchev–Trinajstić information content (AvgIpc) is 2.82. The molecule has 0 spiro atoms. The van der Waals surface area contributed by atoms with Crippen LogP contribution < -0.4 is 5.32 Å². The molecule has 108 valence electrons. The third kappa shape index (κ3) is 3.79. The van der Waals surface area contributed by atoms with Crippen molar-refractivity contribution in [3.05, 3.63) is 53.4 Å². The Hall–Kier alpha value is -2.89. The molecule has 0 aliphatic heterocycles. The largest absolute Gasteiger partial charge is 0.478 e. The minimum Gasteiger partial charge on any atom is -0.478 e. The molecule has 0 saturated heterocycles. The van der Waals surface area contributed by atoms with Crippen LogP contribution >= 0.6 is 0 Å². The van der Waals surface area contributed by atoms with E-state index in [-0.39, 0.29) is 5.91 Å². The van der Waals surface area contributed by atoms with Crippen LogP contribution in [0, 0.1) is 6.92 Å². The molecular formula is C15H15N3O3. The maximum atomic E-state index is 12.1. The van der Waals surface area contributed by atoms with Crippen LogP contribution in [0.4, 0.5) is 5.69 Å². The quantitative estimate of drug-likeness (QED) is 0.842. The Morgan fingerprint density at radius 1 is 1.38 bits per heavy atom. The highest BCUT2D eigenvalue weighted by molar-refractivity contribution is 6.04. The van der Waals surface area contributed by atoms with E-state index in [0.717, 1.165) is 17.2 Å². The molecule has 2 rings (SSSR count). The highest BCUT2D eigenvalue weighted by Crippen LogP contribution is 2.14. The van der Waals surface area contributed by atoms with Crippen LogP contribution in [0.5, 0.6) is 0 Å². The number of benzene rings is 1. The summed E-state index contributed by atoms with van der Waals surface area (Å²) in [6, 6.07) is 5.08. The van der Waals surface area contributed by atoms with Crippen LogP contribution in [0.25, 0.3) is 6.08 Å². The van der Waals surface area contributed by atoms with Crippen molar-refractivity contribution in [2.45, 2.75) is 6.92 Å². The maximum absolute atomic E-state index is 12.1. The van der Waals surface area contributed by atoms with Crippen molar-refractivity contribution in [2.75, 3.05) is 5.32 Å². The van der Waals surface area contributed by atoms with Gasteiger partial charge in [-0.25, -0.2) is 4.79 Å². The van der Waals surface area contributed by atoms with Crippen molar-refractivity contribution < 1.29 is 14.7 Å². The molecule has 1 amide bonds. The zero-order chi connectivity index (χ0) is 15.4. The van der Waals surface area contributed by atoms with Crippen molar-refractivity contribution in [1.82, 2.24) is 9.78 Å². The predicted octanol–water partition coefficient (Wildman–Crippen LogP) is 2.08. The molecule has 0 radical (unpaired) electrons. The van der Waals surface area contributed by atoms with Crippen LogP contribution in [0.15, 0.2) is 36.7 Å². The Balaban J connectivity index is 2.15. The van der Waals surface area contributed by atoms with Gasteiger partial charge < -0.3 is 10.4 Å². The first-order valence-corrected chi connectivity index (χ1v) is 6.27. The number of carbonyl (C=O) groups excluding carboxylic acids is 1. The monoisotopic (exact) mass is 285 g/mol. The number of aryl methyl sites for hydroxylation is 2. The summed E-state index contributed by atoms with van der Waals surface area (Å²) < 4.78 is 1.60. The number of nitrogens with zero attached hydrogens (tertiary/aromatic N) is 2. The Bertz CT molecular complexity index is 717. The minimum atomic E-state index is -1.01. The molecule has 1 aromatic carbocycles. The first kappa shape index (κ1) is 14.5. The van der Waals surface area contributed by atoms with Crippen molar-refractivity contribution in [2.24, 2.45) is 7.05 Å². The molecule has 0 unspecified atom stereocenters. The molecule has 2 aromatic rings. The van der Waals surface area contributed by atoms with Gasteiger partial charge in [0, 0.05) is 24.9 Å². The molecule has 1 heterocycles. The van der Waals surface area contributed by atoms with Gasteiger partial charge in [0.15, 0.2) is 0 Å². The zero-order valence-electron chi connectivity index (χ0n) is 11.7. The number of carboxylic acids is 1. The SMILES string of the molecule is Cc1cc(C(=O)Nc2cnn(C)c2)ccc1/C=C/C(=O)O. The van der Waals surface area contributed by atoms with Gasteiger partial charge in [-0.3, -0.25) is 9.48 Å². The Labute approximate surface area is 121 Å². The van der Waals surface area contributed by atoms with Crippen molar-refractivity contribution in [3.63, 3.8) is 0 Å². The third-order valence-electron chi connectivity index (χ3n) is 2.90. The van der Waals surface area contributed by atoms with Gasteiger partial charge in [0.1, 0.15) is 0 Å². The summed E-state index contributed by atoms with van der Waals surface area (Å²) in [5.74, 6) is -1.24. The van der Waals surface area contributed by atoms with E-state index in [0.29, 0.717) is 11.3 Å². The number of nitrogens with one attached hydrogen (secondary N) is 1. The van der Waals surface area contributed by atoms with Crippen LogP contribution in [0.2, 0.25) is 0 Å². The Morgan fingerprint density at radius 2 is 2.14 bits per heavy atom. The van der Waals surface area contributed by atoms with E-state index < -0.39 is 5.97 Å². The second-order valence-corrected chi connectivity index (χ2v) is 4.60. The minimum absolute atomic E-state index is 0.236. The van der Waals surface area contributed by atoms with Crippen LogP contribution in [0.3, 0.4) is 0 Å². The molecule has 0 fully saturated rings. The van der Waals surface area contributed by atoms with E-state index in [2.05, 4.69) is 10.4 Å². The van der Waals surface area contributed by atoms with Gasteiger partial charge in [0.05, 0.1) is 11.9 Å². The fourth-order valence-electron chi connectivity index (χ4n) is 1.85. The van der Waals surface area contributed by atoms with E-state index in [1.165, 1.54) is 6.08 Å². The van der Waals surface area contributed by atoms with Gasteiger partial charge >= 0.3 is 5.97 Å². The lowest BCUT2D eigenvalue weighted by atomic mass is 10.0. The summed E-state index contributed by atoms with van der Waals surface area (Å²) in [4.78, 5) is 22.6. The number of carbonyl (C=O) groups is 2. The lowest BCUT2D eigenvalue weighted by molar-refractivity contribution is -0.131. The van der Waals surface area contributed by atoms with Crippen molar-refractivity contribution in [3.8, 4) is 0 Å². The topological polar surface area (TPSA) is 84.2 Å². The predicted molar refractivity (Wildman–Crippen MR) is 79.0 cm³/mol. The molecule has 2 N–H and O–H groups in total. The number of anilines is 1. The van der Waals surface area contributed by atoms with Crippen molar-refractivity contribution >= 4 is 23.6 Å². The van der Waals surface area contributed by atoms with Gasteiger partial charge in [0.2, 0.25) is 0 Å². The van der Waals surface area contributed by atoms with Crippen LogP contribution in [0.1, 0.15) is 21.5 Å². The zero-order valence-corrected chi connectivity index (χ0v) is 11.7. The summed E-state index contributed by atoms with van der Waals surface area (Å²) in [7, 11) is 1.77. The molecule has 0 bridgehead atoms. The summed E-state index contributed by atoms with van der Waals surface area (Å²) in [6.07, 6.45) is 5.83. The standard InChI is InChI=1S/C15H15N3O3/c1-10-7-12(4-3-11(10)5-6-14(19)20)15(21)17-13-8-16-18(2)9-13/h3-9H,1-2H3,(H,17,21)(H,19,20)/b6-5+. The molecule has 0 saturated carbocycles. The summed E-state index contributed by atoms with van der Waals surface area (Å²) in [6.45, 7) is 1.82. The molecule has 1 aromatic heterocycles. The highest BCUT2D eigenvalue weighted by Gasteiger charge is 2.08. The molecule has 0 aliphatic rings. The molecule has 6 heteroatoms. The number of aromatic nitrogens is 2. The number of hydrogen-bond acceptors (Lipinski definition) is 3. The third-order valence-corrected chi connectivity index (χ3v) is 2.90. The smallest absolute Gasteiger partial charge is 0.328 e. The number of amides is 1. The first-order chi connectivity index (χ1) is 9.95. The Kier molecular flexibility index (Phi) is 4.18. The lowest BCUT2D eigenvalue weighted by Gasteiger charge is -2.06. The maximum Gasteiger partial charge on any atom is 0.328 e. The molecule has 0 aliphatic carbocycles. The molecule has 0 atom stereocenters. The summed E-state index contributed by atoms with van der Waals surface area (Å²) >= 11 is 0. The average molecular weight is 285 g/mol. The van der Waals surface area contributed by atoms with Crippen LogP contribution in [-0.4, -0.2) is 26.8 Å². The fraction of sp³-hybridized carbons (Fsp3) is 0.133. The summed E-state index contributed by atoms with van der Waals surface area (Å²) in [5.41, 5.74) is 2.71. The van der Waals surface area contributed by atoms with E-state index in [9.17, 15) is 9.59 Å². The number of carboxylic acid groups (broad SMARTS) is 1. The van der Waals surface area contributed by atoms with E-state index >= 15 is 0 Å². The number of aliphatic carboxylic acids is 1. The number of hydrogen-bond donors (Lipinski definition) is 2. The Morgan fingerprint density at radius 3 is 2.71 bits per heavy atom. The summed E-state index contributed by atoms with van der Waals surface area (Å²) in [5, 5.41) is 15.3. The van der Waals surface area contributed by atoms with Crippen LogP contribution in [-0.2, 0) is 11.8 Å². The van der Waals surface area contributed by atoms with Crippen molar-refractivity contribution in [1.29, 1.82) is 0 Å². The van der Waals surface area contributed by atoms with Gasteiger partial charge in [-0.2, -0.15) is 5.10 Å². The first-order valence-electron chi connectivity index (χ1n) is 6.27. The highest BCUT2D eigenvalue weighted by atomic mass is 16.4. The van der Waals surface area contributed by atoms with Gasteiger partial charge in [-0.1, -0.05) is 6.07 Å². The normalized spacial score (nSPS) is 10.8. The second kappa shape index (κ2) is 6.04. The molecule has 6 nitrogen and oxygen atoms in total. The van der Waals surface area contributed by atoms with E-state index in [1.807, 2.05) is 6.92 Å². The fourth-order valence-corrected chi connectivity index (χ4v) is 1.85. The molecular weight excluding hydrogens is 270 g/mol. The number of rotatable bonds is 4. The van der Waals surface area contributed by atoms with E-state index in [1.54, 1.807) is 42.3 Å².